The number of hydrogen-bond donors (Lipinski definition) is 0. The molecule has 0 radical (unpaired) electrons. The number of para-hydroxylation sites is 2. The van der Waals surface area contributed by atoms with E-state index in [1.54, 1.807) is 0 Å². The molecule has 0 bridgehead atoms. The molecule has 0 aliphatic carbocycles. The molecule has 0 unspecified atom stereocenters. The molecule has 0 aliphatic rings. The SMILES string of the molecule is O=Cc1ccc(-c2ccc(C=Cc3ccccc3-c3ccc(N(c4ccccc4)c4ccccc4)cc3)cc2)s1. The molecule has 0 atom stereocenters. The van der Waals surface area contributed by atoms with Gasteiger partial charge in [-0.15, -0.1) is 11.3 Å². The van der Waals surface area contributed by atoms with Crippen LogP contribution in [0.25, 0.3) is 33.7 Å². The predicted molar refractivity (Wildman–Crippen MR) is 171 cm³/mol. The largest absolute Gasteiger partial charge is 0.311 e. The summed E-state index contributed by atoms with van der Waals surface area (Å²) in [6.07, 6.45) is 5.22. The minimum Gasteiger partial charge on any atom is -0.311 e. The second-order valence-corrected chi connectivity index (χ2v) is 10.5. The molecule has 0 saturated carbocycles. The summed E-state index contributed by atoms with van der Waals surface area (Å²) in [6.45, 7) is 0. The molecule has 0 N–H and O–H groups in total. The zero-order valence-corrected chi connectivity index (χ0v) is 22.7. The highest BCUT2D eigenvalue weighted by Crippen LogP contribution is 2.36. The Labute approximate surface area is 239 Å². The zero-order chi connectivity index (χ0) is 27.1. The first-order valence-corrected chi connectivity index (χ1v) is 14.0. The first kappa shape index (κ1) is 25.3. The fourth-order valence-electron chi connectivity index (χ4n) is 4.81. The lowest BCUT2D eigenvalue weighted by molar-refractivity contribution is 0.112. The molecule has 0 spiro atoms. The van der Waals surface area contributed by atoms with Gasteiger partial charge in [-0.3, -0.25) is 4.79 Å². The maximum atomic E-state index is 11.0. The second kappa shape index (κ2) is 11.8. The number of thiophene rings is 1. The third kappa shape index (κ3) is 5.56. The zero-order valence-electron chi connectivity index (χ0n) is 21.9. The van der Waals surface area contributed by atoms with Crippen LogP contribution in [0.5, 0.6) is 0 Å². The Morgan fingerprint density at radius 2 is 1.07 bits per heavy atom. The van der Waals surface area contributed by atoms with Crippen LogP contribution < -0.4 is 4.90 Å². The van der Waals surface area contributed by atoms with Crippen LogP contribution in [0.3, 0.4) is 0 Å². The van der Waals surface area contributed by atoms with Crippen molar-refractivity contribution in [2.45, 2.75) is 0 Å². The first-order valence-electron chi connectivity index (χ1n) is 13.2. The summed E-state index contributed by atoms with van der Waals surface area (Å²) in [5, 5.41) is 0. The average Bonchev–Trinajstić information content (AvgIpc) is 3.52. The lowest BCUT2D eigenvalue weighted by Crippen LogP contribution is -2.09. The summed E-state index contributed by atoms with van der Waals surface area (Å²) in [4.78, 5) is 15.1. The highest BCUT2D eigenvalue weighted by Gasteiger charge is 2.12. The van der Waals surface area contributed by atoms with Crippen LogP contribution in [-0.2, 0) is 0 Å². The van der Waals surface area contributed by atoms with E-state index in [1.165, 1.54) is 22.5 Å². The van der Waals surface area contributed by atoms with E-state index in [2.05, 4.69) is 138 Å². The van der Waals surface area contributed by atoms with Crippen molar-refractivity contribution in [1.29, 1.82) is 0 Å². The maximum Gasteiger partial charge on any atom is 0.160 e. The molecule has 5 aromatic carbocycles. The minimum absolute atomic E-state index is 0.747. The molecule has 0 saturated heterocycles. The molecule has 192 valence electrons. The number of anilines is 3. The smallest absolute Gasteiger partial charge is 0.160 e. The van der Waals surface area contributed by atoms with Crippen LogP contribution in [0.15, 0.2) is 146 Å². The van der Waals surface area contributed by atoms with Gasteiger partial charge in [0.05, 0.1) is 4.88 Å². The molecule has 2 nitrogen and oxygen atoms in total. The quantitative estimate of drug-likeness (QED) is 0.143. The topological polar surface area (TPSA) is 20.3 Å². The van der Waals surface area contributed by atoms with Crippen molar-refractivity contribution in [3.05, 3.63) is 162 Å². The number of nitrogens with zero attached hydrogens (tertiary/aromatic N) is 1. The van der Waals surface area contributed by atoms with E-state index < -0.39 is 0 Å². The summed E-state index contributed by atoms with van der Waals surface area (Å²) < 4.78 is 0. The van der Waals surface area contributed by atoms with Gasteiger partial charge in [0.15, 0.2) is 6.29 Å². The van der Waals surface area contributed by atoms with Crippen LogP contribution in [0.1, 0.15) is 20.8 Å². The van der Waals surface area contributed by atoms with E-state index in [9.17, 15) is 4.79 Å². The fraction of sp³-hybridized carbons (Fsp3) is 0. The number of rotatable bonds is 8. The number of aldehydes is 1. The fourth-order valence-corrected chi connectivity index (χ4v) is 5.64. The Balaban J connectivity index is 1.26. The third-order valence-electron chi connectivity index (χ3n) is 6.82. The summed E-state index contributed by atoms with van der Waals surface area (Å²) in [6, 6.07) is 50.5. The van der Waals surface area contributed by atoms with Crippen LogP contribution in [0.2, 0.25) is 0 Å². The van der Waals surface area contributed by atoms with Crippen LogP contribution in [-0.4, -0.2) is 6.29 Å². The van der Waals surface area contributed by atoms with Crippen LogP contribution >= 0.6 is 11.3 Å². The Kier molecular flexibility index (Phi) is 7.47. The number of carbonyl (C=O) groups excluding carboxylic acids is 1. The van der Waals surface area contributed by atoms with Crippen molar-refractivity contribution in [2.24, 2.45) is 0 Å². The predicted octanol–water partition coefficient (Wildman–Crippen LogP) is 10.5. The Morgan fingerprint density at radius 1 is 0.500 bits per heavy atom. The third-order valence-corrected chi connectivity index (χ3v) is 7.88. The van der Waals surface area contributed by atoms with Crippen molar-refractivity contribution < 1.29 is 4.79 Å². The van der Waals surface area contributed by atoms with Gasteiger partial charge < -0.3 is 4.90 Å². The van der Waals surface area contributed by atoms with E-state index in [1.807, 2.05) is 24.3 Å². The van der Waals surface area contributed by atoms with Crippen molar-refractivity contribution in [1.82, 2.24) is 0 Å². The molecule has 0 aliphatic heterocycles. The highest BCUT2D eigenvalue weighted by molar-refractivity contribution is 7.17. The Hall–Kier alpha value is -4.99. The van der Waals surface area contributed by atoms with Gasteiger partial charge in [-0.2, -0.15) is 0 Å². The number of carbonyl (C=O) groups is 1. The maximum absolute atomic E-state index is 11.0. The molecule has 1 aromatic heterocycles. The van der Waals surface area contributed by atoms with Gasteiger partial charge in [-0.25, -0.2) is 0 Å². The molecule has 6 aromatic rings. The molecule has 3 heteroatoms. The Bertz CT molecular complexity index is 1700. The summed E-state index contributed by atoms with van der Waals surface area (Å²) >= 11 is 1.51. The first-order chi connectivity index (χ1) is 19.8. The normalized spacial score (nSPS) is 11.0. The van der Waals surface area contributed by atoms with E-state index in [4.69, 9.17) is 0 Å². The number of hydrogen-bond acceptors (Lipinski definition) is 3. The summed E-state index contributed by atoms with van der Waals surface area (Å²) in [7, 11) is 0. The van der Waals surface area contributed by atoms with Gasteiger partial charge in [0, 0.05) is 21.9 Å². The average molecular weight is 534 g/mol. The standard InChI is InChI=1S/C37H27NOS/c39-27-35-25-26-37(40-35)31-19-16-28(17-20-31)15-18-29-9-7-8-14-36(29)30-21-23-34(24-22-30)38(32-10-3-1-4-11-32)33-12-5-2-6-13-33/h1-27H. The van der Waals surface area contributed by atoms with Gasteiger partial charge in [-0.05, 0) is 76.3 Å². The molecule has 40 heavy (non-hydrogen) atoms. The van der Waals surface area contributed by atoms with E-state index in [0.29, 0.717) is 0 Å². The molecular formula is C37H27NOS. The highest BCUT2D eigenvalue weighted by atomic mass is 32.1. The monoisotopic (exact) mass is 533 g/mol. The van der Waals surface area contributed by atoms with Crippen molar-refractivity contribution >= 4 is 46.8 Å². The second-order valence-electron chi connectivity index (χ2n) is 9.42. The minimum atomic E-state index is 0.747. The van der Waals surface area contributed by atoms with Crippen molar-refractivity contribution in [2.75, 3.05) is 4.90 Å². The molecule has 6 rings (SSSR count). The van der Waals surface area contributed by atoms with Gasteiger partial charge in [0.1, 0.15) is 0 Å². The van der Waals surface area contributed by atoms with Gasteiger partial charge in [-0.1, -0.05) is 109 Å². The molecule has 0 amide bonds. The Morgan fingerprint density at radius 3 is 1.70 bits per heavy atom. The van der Waals surface area contributed by atoms with E-state index >= 15 is 0 Å². The summed E-state index contributed by atoms with van der Waals surface area (Å²) in [5.41, 5.74) is 9.13. The van der Waals surface area contributed by atoms with Gasteiger partial charge >= 0.3 is 0 Å². The van der Waals surface area contributed by atoms with Crippen LogP contribution in [0, 0.1) is 0 Å². The molecule has 1 heterocycles. The van der Waals surface area contributed by atoms with Gasteiger partial charge in [0.25, 0.3) is 0 Å². The van der Waals surface area contributed by atoms with E-state index in [0.717, 1.165) is 49.8 Å². The van der Waals surface area contributed by atoms with Crippen LogP contribution in [0.4, 0.5) is 17.1 Å². The van der Waals surface area contributed by atoms with E-state index in [-0.39, 0.29) is 0 Å². The molecular weight excluding hydrogens is 506 g/mol. The lowest BCUT2D eigenvalue weighted by atomic mass is 9.98. The lowest BCUT2D eigenvalue weighted by Gasteiger charge is -2.25. The van der Waals surface area contributed by atoms with Gasteiger partial charge in [0.2, 0.25) is 0 Å². The number of benzene rings is 5. The van der Waals surface area contributed by atoms with Crippen molar-refractivity contribution in [3.63, 3.8) is 0 Å². The van der Waals surface area contributed by atoms with Crippen molar-refractivity contribution in [3.8, 4) is 21.6 Å². The molecule has 0 fully saturated rings. The summed E-state index contributed by atoms with van der Waals surface area (Å²) in [5.74, 6) is 0.